The highest BCUT2D eigenvalue weighted by atomic mass is 16.5. The summed E-state index contributed by atoms with van der Waals surface area (Å²) < 4.78 is 7.59. The van der Waals surface area contributed by atoms with Crippen molar-refractivity contribution in [3.63, 3.8) is 0 Å². The minimum atomic E-state index is 0.0728. The molecule has 1 N–H and O–H groups in total. The van der Waals surface area contributed by atoms with Gasteiger partial charge in [0.1, 0.15) is 0 Å². The summed E-state index contributed by atoms with van der Waals surface area (Å²) in [7, 11) is 1.91. The third-order valence-electron chi connectivity index (χ3n) is 4.48. The van der Waals surface area contributed by atoms with Crippen LogP contribution in [0.4, 0.5) is 0 Å². The third kappa shape index (κ3) is 3.64. The zero-order valence-corrected chi connectivity index (χ0v) is 13.8. The monoisotopic (exact) mass is 293 g/mol. The van der Waals surface area contributed by atoms with E-state index >= 15 is 0 Å². The molecule has 1 aliphatic heterocycles. The van der Waals surface area contributed by atoms with Crippen LogP contribution in [-0.4, -0.2) is 34.9 Å². The van der Waals surface area contributed by atoms with Crippen LogP contribution >= 0.6 is 0 Å². The molecule has 0 unspecified atom stereocenters. The smallest absolute Gasteiger partial charge is 0.224 e. The summed E-state index contributed by atoms with van der Waals surface area (Å²) in [6, 6.07) is 0. The Morgan fingerprint density at radius 2 is 2.19 bits per heavy atom. The Hall–Kier alpha value is -1.36. The quantitative estimate of drug-likeness (QED) is 0.900. The molecular weight excluding hydrogens is 266 g/mol. The Morgan fingerprint density at radius 3 is 2.76 bits per heavy atom. The van der Waals surface area contributed by atoms with E-state index in [9.17, 15) is 4.79 Å². The number of nitrogens with one attached hydrogen (secondary N) is 1. The summed E-state index contributed by atoms with van der Waals surface area (Å²) in [5.74, 6) is 1.01. The SMILES string of the molecule is Cc1nn(C)c(C)c1CC(=O)NC[C@@H]1CCO[C@@H]1C(C)C. The number of aryl methyl sites for hydroxylation is 2. The standard InChI is InChI=1S/C16H27N3O2/c1-10(2)16-13(6-7-21-16)9-17-15(20)8-14-11(3)18-19(5)12(14)4/h10,13,16H,6-9H2,1-5H3,(H,17,20)/t13-,16+/m0/s1. The fourth-order valence-electron chi connectivity index (χ4n) is 3.15. The fraction of sp³-hybridized carbons (Fsp3) is 0.750. The molecule has 21 heavy (non-hydrogen) atoms. The van der Waals surface area contributed by atoms with Crippen molar-refractivity contribution in [2.75, 3.05) is 13.2 Å². The number of amides is 1. The molecule has 1 aliphatic rings. The maximum Gasteiger partial charge on any atom is 0.224 e. The van der Waals surface area contributed by atoms with Gasteiger partial charge in [-0.25, -0.2) is 0 Å². The van der Waals surface area contributed by atoms with Crippen LogP contribution in [0.2, 0.25) is 0 Å². The van der Waals surface area contributed by atoms with Gasteiger partial charge in [-0.2, -0.15) is 5.10 Å². The highest BCUT2D eigenvalue weighted by Crippen LogP contribution is 2.26. The molecule has 0 bridgehead atoms. The average Bonchev–Trinajstić information content (AvgIpc) is 2.97. The van der Waals surface area contributed by atoms with E-state index in [1.807, 2.05) is 25.6 Å². The van der Waals surface area contributed by atoms with Gasteiger partial charge in [-0.1, -0.05) is 13.8 Å². The number of ether oxygens (including phenoxy) is 1. The van der Waals surface area contributed by atoms with Gasteiger partial charge in [-0.3, -0.25) is 9.48 Å². The Morgan fingerprint density at radius 1 is 1.48 bits per heavy atom. The third-order valence-corrected chi connectivity index (χ3v) is 4.48. The zero-order valence-electron chi connectivity index (χ0n) is 13.8. The second-order valence-corrected chi connectivity index (χ2v) is 6.38. The molecular formula is C16H27N3O2. The highest BCUT2D eigenvalue weighted by molar-refractivity contribution is 5.79. The molecule has 0 aliphatic carbocycles. The first kappa shape index (κ1) is 16.0. The zero-order chi connectivity index (χ0) is 15.6. The lowest BCUT2D eigenvalue weighted by Crippen LogP contribution is -2.35. The second-order valence-electron chi connectivity index (χ2n) is 6.38. The molecule has 0 radical (unpaired) electrons. The number of hydrogen-bond acceptors (Lipinski definition) is 3. The minimum Gasteiger partial charge on any atom is -0.378 e. The van der Waals surface area contributed by atoms with E-state index in [2.05, 4.69) is 24.3 Å². The largest absolute Gasteiger partial charge is 0.378 e. The molecule has 2 heterocycles. The number of aromatic nitrogens is 2. The lowest BCUT2D eigenvalue weighted by atomic mass is 9.93. The predicted octanol–water partition coefficient (Wildman–Crippen LogP) is 1.76. The van der Waals surface area contributed by atoms with Gasteiger partial charge in [0.2, 0.25) is 5.91 Å². The maximum absolute atomic E-state index is 12.2. The molecule has 0 spiro atoms. The van der Waals surface area contributed by atoms with Gasteiger partial charge in [-0.05, 0) is 26.2 Å². The van der Waals surface area contributed by atoms with Gasteiger partial charge < -0.3 is 10.1 Å². The first-order valence-electron chi connectivity index (χ1n) is 7.77. The summed E-state index contributed by atoms with van der Waals surface area (Å²) in [6.07, 6.45) is 1.71. The van der Waals surface area contributed by atoms with Gasteiger partial charge in [0, 0.05) is 37.4 Å². The van der Waals surface area contributed by atoms with E-state index in [0.29, 0.717) is 24.8 Å². The van der Waals surface area contributed by atoms with Gasteiger partial charge in [0.25, 0.3) is 0 Å². The van der Waals surface area contributed by atoms with Crippen molar-refractivity contribution < 1.29 is 9.53 Å². The van der Waals surface area contributed by atoms with Crippen molar-refractivity contribution >= 4 is 5.91 Å². The summed E-state index contributed by atoms with van der Waals surface area (Å²) >= 11 is 0. The molecule has 0 aromatic carbocycles. The first-order valence-corrected chi connectivity index (χ1v) is 7.77. The van der Waals surface area contributed by atoms with E-state index < -0.39 is 0 Å². The van der Waals surface area contributed by atoms with E-state index in [0.717, 1.165) is 30.0 Å². The summed E-state index contributed by atoms with van der Waals surface area (Å²) in [4.78, 5) is 12.2. The molecule has 0 saturated carbocycles. The van der Waals surface area contributed by atoms with Crippen LogP contribution in [0.5, 0.6) is 0 Å². The fourth-order valence-corrected chi connectivity index (χ4v) is 3.15. The Kier molecular flexibility index (Phi) is 5.04. The number of hydrogen-bond donors (Lipinski definition) is 1. The molecule has 118 valence electrons. The van der Waals surface area contributed by atoms with Crippen molar-refractivity contribution in [2.45, 2.75) is 46.6 Å². The first-order chi connectivity index (χ1) is 9.90. The molecule has 2 rings (SSSR count). The van der Waals surface area contributed by atoms with Crippen LogP contribution in [0.1, 0.15) is 37.2 Å². The van der Waals surface area contributed by atoms with Gasteiger partial charge in [-0.15, -0.1) is 0 Å². The molecule has 5 nitrogen and oxygen atoms in total. The maximum atomic E-state index is 12.2. The topological polar surface area (TPSA) is 56.2 Å². The molecule has 1 amide bonds. The van der Waals surface area contributed by atoms with Gasteiger partial charge in [0.15, 0.2) is 0 Å². The van der Waals surface area contributed by atoms with Crippen molar-refractivity contribution in [1.82, 2.24) is 15.1 Å². The Bertz CT molecular complexity index is 508. The lowest BCUT2D eigenvalue weighted by Gasteiger charge is -2.22. The number of rotatable bonds is 5. The van der Waals surface area contributed by atoms with E-state index in [1.54, 1.807) is 0 Å². The van der Waals surface area contributed by atoms with Crippen LogP contribution in [0.15, 0.2) is 0 Å². The van der Waals surface area contributed by atoms with Crippen molar-refractivity contribution in [3.8, 4) is 0 Å². The van der Waals surface area contributed by atoms with E-state index in [4.69, 9.17) is 4.74 Å². The van der Waals surface area contributed by atoms with Crippen LogP contribution in [0.25, 0.3) is 0 Å². The number of carbonyl (C=O) groups excluding carboxylic acids is 1. The van der Waals surface area contributed by atoms with Crippen molar-refractivity contribution in [3.05, 3.63) is 17.0 Å². The molecule has 1 aromatic rings. The molecule has 2 atom stereocenters. The van der Waals surface area contributed by atoms with E-state index in [1.165, 1.54) is 0 Å². The summed E-state index contributed by atoms with van der Waals surface area (Å²) in [5, 5.41) is 7.42. The second kappa shape index (κ2) is 6.60. The van der Waals surface area contributed by atoms with E-state index in [-0.39, 0.29) is 12.0 Å². The normalized spacial score (nSPS) is 22.0. The molecule has 5 heteroatoms. The van der Waals surface area contributed by atoms with Gasteiger partial charge in [0.05, 0.1) is 18.2 Å². The van der Waals surface area contributed by atoms with Crippen LogP contribution in [-0.2, 0) is 23.0 Å². The molecule has 1 saturated heterocycles. The van der Waals surface area contributed by atoms with Crippen molar-refractivity contribution in [1.29, 1.82) is 0 Å². The van der Waals surface area contributed by atoms with Crippen LogP contribution in [0, 0.1) is 25.7 Å². The lowest BCUT2D eigenvalue weighted by molar-refractivity contribution is -0.120. The molecule has 1 fully saturated rings. The number of carbonyl (C=O) groups is 1. The predicted molar refractivity (Wildman–Crippen MR) is 82.1 cm³/mol. The average molecular weight is 293 g/mol. The number of nitrogens with zero attached hydrogens (tertiary/aromatic N) is 2. The van der Waals surface area contributed by atoms with Gasteiger partial charge >= 0.3 is 0 Å². The highest BCUT2D eigenvalue weighted by Gasteiger charge is 2.30. The molecule has 1 aromatic heterocycles. The Labute approximate surface area is 127 Å². The van der Waals surface area contributed by atoms with Crippen LogP contribution in [0.3, 0.4) is 0 Å². The minimum absolute atomic E-state index is 0.0728. The van der Waals surface area contributed by atoms with Crippen molar-refractivity contribution in [2.24, 2.45) is 18.9 Å². The Balaban J connectivity index is 1.88. The van der Waals surface area contributed by atoms with Crippen LogP contribution < -0.4 is 5.32 Å². The summed E-state index contributed by atoms with van der Waals surface area (Å²) in [6.45, 7) is 9.82. The summed E-state index contributed by atoms with van der Waals surface area (Å²) in [5.41, 5.74) is 3.04.